The number of aliphatic carboxylic acids is 1. The Bertz CT molecular complexity index is 565. The summed E-state index contributed by atoms with van der Waals surface area (Å²) in [7, 11) is 0. The van der Waals surface area contributed by atoms with Crippen molar-refractivity contribution in [1.82, 2.24) is 14.5 Å². The van der Waals surface area contributed by atoms with Crippen molar-refractivity contribution in [3.05, 3.63) is 22.6 Å². The Morgan fingerprint density at radius 1 is 1.59 bits per heavy atom. The zero-order chi connectivity index (χ0) is 12.4. The lowest BCUT2D eigenvalue weighted by molar-refractivity contribution is -0.137. The molecule has 0 aliphatic rings. The summed E-state index contributed by atoms with van der Waals surface area (Å²) < 4.78 is 2.50. The highest BCUT2D eigenvalue weighted by molar-refractivity contribution is 9.10. The maximum Gasteiger partial charge on any atom is 0.323 e. The second-order valence-electron chi connectivity index (χ2n) is 3.75. The molecule has 17 heavy (non-hydrogen) atoms. The molecule has 2 aromatic heterocycles. The molecular weight excluding hydrogens is 286 g/mol. The van der Waals surface area contributed by atoms with Crippen molar-refractivity contribution in [1.29, 1.82) is 0 Å². The first-order valence-corrected chi connectivity index (χ1v) is 6.13. The van der Waals surface area contributed by atoms with Crippen molar-refractivity contribution in [2.45, 2.75) is 26.3 Å². The molecule has 2 rings (SSSR count). The molecule has 0 atom stereocenters. The molecule has 0 aromatic carbocycles. The van der Waals surface area contributed by atoms with Crippen molar-refractivity contribution in [3.8, 4) is 0 Å². The van der Waals surface area contributed by atoms with Crippen LogP contribution in [0.1, 0.15) is 19.2 Å². The maximum absolute atomic E-state index is 10.8. The van der Waals surface area contributed by atoms with Gasteiger partial charge in [-0.15, -0.1) is 0 Å². The molecule has 0 aliphatic heterocycles. The van der Waals surface area contributed by atoms with Crippen molar-refractivity contribution in [3.63, 3.8) is 0 Å². The van der Waals surface area contributed by atoms with E-state index in [2.05, 4.69) is 25.9 Å². The number of hydrogen-bond donors (Lipinski definition) is 1. The normalized spacial score (nSPS) is 10.9. The third kappa shape index (κ3) is 2.46. The summed E-state index contributed by atoms with van der Waals surface area (Å²) in [6.45, 7) is 1.94. The SMILES string of the molecule is CCCc1nc2cc(Br)cnc2n1CC(=O)O. The number of rotatable bonds is 4. The Morgan fingerprint density at radius 3 is 3.00 bits per heavy atom. The molecule has 2 aromatic rings. The number of pyridine rings is 1. The quantitative estimate of drug-likeness (QED) is 0.940. The van der Waals surface area contributed by atoms with E-state index in [0.29, 0.717) is 5.65 Å². The molecule has 0 bridgehead atoms. The van der Waals surface area contributed by atoms with Gasteiger partial charge < -0.3 is 9.67 Å². The van der Waals surface area contributed by atoms with Crippen LogP contribution in [0.5, 0.6) is 0 Å². The van der Waals surface area contributed by atoms with E-state index >= 15 is 0 Å². The second-order valence-corrected chi connectivity index (χ2v) is 4.67. The summed E-state index contributed by atoms with van der Waals surface area (Å²) in [5.74, 6) is -0.109. The molecule has 0 saturated carbocycles. The molecule has 1 N–H and O–H groups in total. The lowest BCUT2D eigenvalue weighted by Crippen LogP contribution is -2.12. The summed E-state index contributed by atoms with van der Waals surface area (Å²) in [6, 6.07) is 1.85. The van der Waals surface area contributed by atoms with Gasteiger partial charge in [0.1, 0.15) is 17.9 Å². The number of halogens is 1. The monoisotopic (exact) mass is 297 g/mol. The molecule has 0 spiro atoms. The highest BCUT2D eigenvalue weighted by Gasteiger charge is 2.13. The number of imidazole rings is 1. The van der Waals surface area contributed by atoms with E-state index in [1.807, 2.05) is 13.0 Å². The van der Waals surface area contributed by atoms with Gasteiger partial charge in [-0.1, -0.05) is 6.92 Å². The van der Waals surface area contributed by atoms with E-state index < -0.39 is 5.97 Å². The van der Waals surface area contributed by atoms with Crippen LogP contribution < -0.4 is 0 Å². The minimum atomic E-state index is -0.883. The van der Waals surface area contributed by atoms with Crippen LogP contribution in [0.15, 0.2) is 16.7 Å². The van der Waals surface area contributed by atoms with Crippen LogP contribution in [-0.2, 0) is 17.8 Å². The van der Waals surface area contributed by atoms with Crippen molar-refractivity contribution < 1.29 is 9.90 Å². The topological polar surface area (TPSA) is 68.0 Å². The van der Waals surface area contributed by atoms with Crippen LogP contribution in [0.2, 0.25) is 0 Å². The molecule has 0 saturated heterocycles. The Morgan fingerprint density at radius 2 is 2.35 bits per heavy atom. The number of carboxylic acid groups (broad SMARTS) is 1. The van der Waals surface area contributed by atoms with Crippen LogP contribution in [0.4, 0.5) is 0 Å². The van der Waals surface area contributed by atoms with Gasteiger partial charge in [0.25, 0.3) is 0 Å². The number of carboxylic acids is 1. The van der Waals surface area contributed by atoms with Gasteiger partial charge in [0, 0.05) is 17.1 Å². The van der Waals surface area contributed by atoms with Crippen LogP contribution in [0.25, 0.3) is 11.2 Å². The van der Waals surface area contributed by atoms with Gasteiger partial charge in [-0.3, -0.25) is 4.79 Å². The van der Waals surface area contributed by atoms with E-state index in [0.717, 1.165) is 28.7 Å². The Labute approximate surface area is 107 Å². The second kappa shape index (κ2) is 4.83. The highest BCUT2D eigenvalue weighted by atomic mass is 79.9. The first-order chi connectivity index (χ1) is 8.11. The number of nitrogens with zero attached hydrogens (tertiary/aromatic N) is 3. The lowest BCUT2D eigenvalue weighted by Gasteiger charge is -2.04. The van der Waals surface area contributed by atoms with E-state index in [-0.39, 0.29) is 6.54 Å². The van der Waals surface area contributed by atoms with Crippen LogP contribution in [-0.4, -0.2) is 25.6 Å². The Kier molecular flexibility index (Phi) is 3.42. The molecule has 5 nitrogen and oxygen atoms in total. The average molecular weight is 298 g/mol. The predicted octanol–water partition coefficient (Wildman–Crippen LogP) is 2.23. The number of aromatic nitrogens is 3. The zero-order valence-corrected chi connectivity index (χ0v) is 10.9. The minimum absolute atomic E-state index is 0.0968. The number of aryl methyl sites for hydroxylation is 1. The van der Waals surface area contributed by atoms with E-state index in [9.17, 15) is 4.79 Å². The minimum Gasteiger partial charge on any atom is -0.480 e. The van der Waals surface area contributed by atoms with Crippen LogP contribution in [0.3, 0.4) is 0 Å². The van der Waals surface area contributed by atoms with Gasteiger partial charge in [0.15, 0.2) is 5.65 Å². The molecule has 0 unspecified atom stereocenters. The van der Waals surface area contributed by atoms with Crippen molar-refractivity contribution in [2.24, 2.45) is 0 Å². The van der Waals surface area contributed by atoms with Crippen molar-refractivity contribution >= 4 is 33.1 Å². The summed E-state index contributed by atoms with van der Waals surface area (Å²) in [4.78, 5) is 19.5. The fourth-order valence-electron chi connectivity index (χ4n) is 1.75. The third-order valence-electron chi connectivity index (χ3n) is 2.40. The molecule has 0 radical (unpaired) electrons. The molecular formula is C11H12BrN3O2. The van der Waals surface area contributed by atoms with Crippen LogP contribution >= 0.6 is 15.9 Å². The molecule has 6 heteroatoms. The first-order valence-electron chi connectivity index (χ1n) is 5.34. The highest BCUT2D eigenvalue weighted by Crippen LogP contribution is 2.19. The zero-order valence-electron chi connectivity index (χ0n) is 9.35. The number of carbonyl (C=O) groups is 1. The largest absolute Gasteiger partial charge is 0.480 e. The number of fused-ring (bicyclic) bond motifs is 1. The molecule has 0 aliphatic carbocycles. The standard InChI is InChI=1S/C11H12BrN3O2/c1-2-3-9-14-8-4-7(12)5-13-11(8)15(9)6-10(16)17/h4-5H,2-3,6H2,1H3,(H,16,17). The van der Waals surface area contributed by atoms with Gasteiger partial charge in [0.2, 0.25) is 0 Å². The van der Waals surface area contributed by atoms with Crippen molar-refractivity contribution in [2.75, 3.05) is 0 Å². The van der Waals surface area contributed by atoms with Gasteiger partial charge in [-0.2, -0.15) is 0 Å². The van der Waals surface area contributed by atoms with Gasteiger partial charge in [-0.05, 0) is 28.4 Å². The van der Waals surface area contributed by atoms with Crippen LogP contribution in [0, 0.1) is 0 Å². The maximum atomic E-state index is 10.8. The fourth-order valence-corrected chi connectivity index (χ4v) is 2.07. The Hall–Kier alpha value is -1.43. The van der Waals surface area contributed by atoms with E-state index in [4.69, 9.17) is 5.11 Å². The molecule has 2 heterocycles. The predicted molar refractivity (Wildman–Crippen MR) is 66.9 cm³/mol. The smallest absolute Gasteiger partial charge is 0.323 e. The molecule has 0 fully saturated rings. The summed E-state index contributed by atoms with van der Waals surface area (Å²) in [5, 5.41) is 8.91. The first kappa shape index (κ1) is 12.0. The molecule has 90 valence electrons. The van der Waals surface area contributed by atoms with Gasteiger partial charge in [0.05, 0.1) is 0 Å². The van der Waals surface area contributed by atoms with E-state index in [1.54, 1.807) is 10.8 Å². The molecule has 0 amide bonds. The lowest BCUT2D eigenvalue weighted by atomic mass is 10.3. The average Bonchev–Trinajstić information content (AvgIpc) is 2.56. The Balaban J connectivity index is 2.57. The van der Waals surface area contributed by atoms with Gasteiger partial charge >= 0.3 is 5.97 Å². The van der Waals surface area contributed by atoms with Gasteiger partial charge in [-0.25, -0.2) is 9.97 Å². The third-order valence-corrected chi connectivity index (χ3v) is 2.83. The fraction of sp³-hybridized carbons (Fsp3) is 0.364. The number of hydrogen-bond acceptors (Lipinski definition) is 3. The summed E-state index contributed by atoms with van der Waals surface area (Å²) >= 11 is 3.33. The summed E-state index contributed by atoms with van der Waals surface area (Å²) in [6.07, 6.45) is 3.32. The summed E-state index contributed by atoms with van der Waals surface area (Å²) in [5.41, 5.74) is 1.35. The van der Waals surface area contributed by atoms with E-state index in [1.165, 1.54) is 0 Å².